The molecule has 0 aromatic heterocycles. The van der Waals surface area contributed by atoms with Crippen LogP contribution >= 0.6 is 0 Å². The summed E-state index contributed by atoms with van der Waals surface area (Å²) in [6.45, 7) is 5.34. The molecule has 1 aliphatic carbocycles. The summed E-state index contributed by atoms with van der Waals surface area (Å²) in [5, 5.41) is 6.08. The number of nitrogens with zero attached hydrogens (tertiary/aromatic N) is 1. The van der Waals surface area contributed by atoms with Crippen LogP contribution in [0.5, 0.6) is 0 Å². The largest absolute Gasteiger partial charge is 0.376 e. The van der Waals surface area contributed by atoms with Crippen LogP contribution in [0, 0.1) is 11.2 Å². The van der Waals surface area contributed by atoms with Crippen molar-refractivity contribution < 1.29 is 23.5 Å². The van der Waals surface area contributed by atoms with Crippen LogP contribution in [-0.4, -0.2) is 53.5 Å². The standard InChI is InChI=1S/C26H34FN3O4/c1-26(2)10-9-16(13-26)28-19-4-3-11-34-21(19)12-15-5-6-17-18(23(15)27)14-30(25(17)33)20-7-8-22(31)29-24(20)32/h5-6,16,19-21,28H,3-4,7-14H2,1-2H3,(H,29,31,32)/t16-,19+,20?,21-/m1/s1. The van der Waals surface area contributed by atoms with Crippen molar-refractivity contribution in [3.05, 3.63) is 34.6 Å². The van der Waals surface area contributed by atoms with Gasteiger partial charge in [0, 0.05) is 42.7 Å². The second-order valence-corrected chi connectivity index (χ2v) is 11.1. The highest BCUT2D eigenvalue weighted by molar-refractivity contribution is 6.05. The maximum atomic E-state index is 15.6. The fourth-order valence-electron chi connectivity index (χ4n) is 6.14. The molecule has 2 saturated heterocycles. The second-order valence-electron chi connectivity index (χ2n) is 11.1. The smallest absolute Gasteiger partial charge is 0.255 e. The van der Waals surface area contributed by atoms with Gasteiger partial charge in [0.25, 0.3) is 5.91 Å². The van der Waals surface area contributed by atoms with Crippen molar-refractivity contribution in [1.82, 2.24) is 15.5 Å². The number of nitrogens with one attached hydrogen (secondary N) is 2. The Morgan fingerprint density at radius 1 is 1.21 bits per heavy atom. The molecule has 2 N–H and O–H groups in total. The van der Waals surface area contributed by atoms with Gasteiger partial charge in [0.15, 0.2) is 0 Å². The minimum atomic E-state index is -0.744. The lowest BCUT2D eigenvalue weighted by atomic mass is 9.91. The minimum Gasteiger partial charge on any atom is -0.376 e. The van der Waals surface area contributed by atoms with E-state index >= 15 is 4.39 Å². The molecular weight excluding hydrogens is 437 g/mol. The molecular formula is C26H34FN3O4. The summed E-state index contributed by atoms with van der Waals surface area (Å²) in [5.41, 5.74) is 1.54. The van der Waals surface area contributed by atoms with Gasteiger partial charge in [-0.05, 0) is 55.6 Å². The van der Waals surface area contributed by atoms with Crippen LogP contribution in [0.1, 0.15) is 80.3 Å². The summed E-state index contributed by atoms with van der Waals surface area (Å²) in [6.07, 6.45) is 6.27. The molecule has 1 aromatic rings. The molecule has 3 aliphatic heterocycles. The van der Waals surface area contributed by atoms with E-state index in [2.05, 4.69) is 24.5 Å². The summed E-state index contributed by atoms with van der Waals surface area (Å²) < 4.78 is 21.7. The molecule has 3 fully saturated rings. The van der Waals surface area contributed by atoms with Gasteiger partial charge in [0.05, 0.1) is 12.6 Å². The van der Waals surface area contributed by atoms with E-state index in [4.69, 9.17) is 4.74 Å². The van der Waals surface area contributed by atoms with Crippen LogP contribution in [0.25, 0.3) is 0 Å². The van der Waals surface area contributed by atoms with E-state index in [-0.39, 0.29) is 49.2 Å². The van der Waals surface area contributed by atoms with Gasteiger partial charge in [-0.25, -0.2) is 4.39 Å². The normalized spacial score (nSPS) is 31.0. The van der Waals surface area contributed by atoms with Crippen LogP contribution in [0.15, 0.2) is 12.1 Å². The fraction of sp³-hybridized carbons (Fsp3) is 0.654. The van der Waals surface area contributed by atoms with Gasteiger partial charge in [0.2, 0.25) is 11.8 Å². The Morgan fingerprint density at radius 3 is 2.76 bits per heavy atom. The summed E-state index contributed by atoms with van der Waals surface area (Å²) in [5.74, 6) is -1.56. The van der Waals surface area contributed by atoms with E-state index in [0.29, 0.717) is 41.2 Å². The Kier molecular flexibility index (Phi) is 6.23. The van der Waals surface area contributed by atoms with Crippen molar-refractivity contribution in [3.63, 3.8) is 0 Å². The molecule has 0 spiro atoms. The predicted molar refractivity (Wildman–Crippen MR) is 123 cm³/mol. The maximum Gasteiger partial charge on any atom is 0.255 e. The molecule has 5 rings (SSSR count). The number of amides is 3. The average molecular weight is 472 g/mol. The maximum absolute atomic E-state index is 15.6. The number of carbonyl (C=O) groups excluding carboxylic acids is 3. The van der Waals surface area contributed by atoms with Gasteiger partial charge in [-0.1, -0.05) is 19.9 Å². The zero-order valence-electron chi connectivity index (χ0n) is 20.0. The Balaban J connectivity index is 1.30. The molecule has 184 valence electrons. The molecule has 3 amide bonds. The van der Waals surface area contributed by atoms with E-state index in [1.54, 1.807) is 12.1 Å². The van der Waals surface area contributed by atoms with Gasteiger partial charge >= 0.3 is 0 Å². The molecule has 4 aliphatic rings. The Morgan fingerprint density at radius 2 is 2.03 bits per heavy atom. The highest BCUT2D eigenvalue weighted by Gasteiger charge is 2.41. The molecule has 0 radical (unpaired) electrons. The van der Waals surface area contributed by atoms with E-state index < -0.39 is 11.9 Å². The van der Waals surface area contributed by atoms with Crippen molar-refractivity contribution >= 4 is 17.7 Å². The first-order chi connectivity index (χ1) is 16.2. The number of hydrogen-bond donors (Lipinski definition) is 2. The van der Waals surface area contributed by atoms with Crippen molar-refractivity contribution in [2.45, 2.75) is 96.0 Å². The van der Waals surface area contributed by atoms with Crippen LogP contribution < -0.4 is 10.6 Å². The monoisotopic (exact) mass is 471 g/mol. The number of piperidine rings is 1. The quantitative estimate of drug-likeness (QED) is 0.645. The van der Waals surface area contributed by atoms with Gasteiger partial charge in [0.1, 0.15) is 11.9 Å². The van der Waals surface area contributed by atoms with Gasteiger partial charge in [-0.2, -0.15) is 0 Å². The van der Waals surface area contributed by atoms with Crippen molar-refractivity contribution in [2.24, 2.45) is 5.41 Å². The molecule has 8 heteroatoms. The summed E-state index contributed by atoms with van der Waals surface area (Å²) in [6, 6.07) is 3.27. The number of halogens is 1. The predicted octanol–water partition coefficient (Wildman–Crippen LogP) is 2.85. The molecule has 7 nitrogen and oxygen atoms in total. The van der Waals surface area contributed by atoms with Crippen molar-refractivity contribution in [1.29, 1.82) is 0 Å². The van der Waals surface area contributed by atoms with Crippen LogP contribution in [0.4, 0.5) is 4.39 Å². The van der Waals surface area contributed by atoms with E-state index in [1.165, 1.54) is 11.3 Å². The number of carbonyl (C=O) groups is 3. The first-order valence-corrected chi connectivity index (χ1v) is 12.5. The first kappa shape index (κ1) is 23.4. The molecule has 1 saturated carbocycles. The SMILES string of the molecule is CC1(C)CC[C@@H](N[C@H]2CCCO[C@@H]2Cc2ccc3c(c2F)CN(C2CCC(=O)NC2=O)C3=O)C1. The zero-order chi connectivity index (χ0) is 24.0. The van der Waals surface area contributed by atoms with Gasteiger partial charge < -0.3 is 15.0 Å². The average Bonchev–Trinajstić information content (AvgIpc) is 3.30. The summed E-state index contributed by atoms with van der Waals surface area (Å²) in [7, 11) is 0. The van der Waals surface area contributed by atoms with E-state index in [0.717, 1.165) is 25.7 Å². The number of rotatable bonds is 5. The number of fused-ring (bicyclic) bond motifs is 1. The number of imide groups is 1. The molecule has 3 heterocycles. The van der Waals surface area contributed by atoms with Crippen LogP contribution in [0.3, 0.4) is 0 Å². The molecule has 4 atom stereocenters. The van der Waals surface area contributed by atoms with Crippen molar-refractivity contribution in [3.8, 4) is 0 Å². The molecule has 34 heavy (non-hydrogen) atoms. The van der Waals surface area contributed by atoms with Crippen LogP contribution in [-0.2, 0) is 27.3 Å². The third-order valence-corrected chi connectivity index (χ3v) is 8.01. The molecule has 1 aromatic carbocycles. The van der Waals surface area contributed by atoms with Gasteiger partial charge in [-0.3, -0.25) is 19.7 Å². The molecule has 1 unspecified atom stereocenters. The summed E-state index contributed by atoms with van der Waals surface area (Å²) in [4.78, 5) is 38.1. The van der Waals surface area contributed by atoms with E-state index in [9.17, 15) is 14.4 Å². The second kappa shape index (κ2) is 9.04. The third-order valence-electron chi connectivity index (χ3n) is 8.01. The summed E-state index contributed by atoms with van der Waals surface area (Å²) >= 11 is 0. The highest BCUT2D eigenvalue weighted by atomic mass is 19.1. The number of hydrogen-bond acceptors (Lipinski definition) is 5. The topological polar surface area (TPSA) is 87.7 Å². The Labute approximate surface area is 199 Å². The number of benzene rings is 1. The van der Waals surface area contributed by atoms with Crippen LogP contribution in [0.2, 0.25) is 0 Å². The molecule has 0 bridgehead atoms. The van der Waals surface area contributed by atoms with Crippen molar-refractivity contribution in [2.75, 3.05) is 6.61 Å². The minimum absolute atomic E-state index is 0.0461. The van der Waals surface area contributed by atoms with Gasteiger partial charge in [-0.15, -0.1) is 0 Å². The Bertz CT molecular complexity index is 1010. The lowest BCUT2D eigenvalue weighted by Gasteiger charge is -2.35. The third kappa shape index (κ3) is 4.50. The van der Waals surface area contributed by atoms with E-state index in [1.807, 2.05) is 0 Å². The fourth-order valence-corrected chi connectivity index (χ4v) is 6.14. The first-order valence-electron chi connectivity index (χ1n) is 12.5. The highest BCUT2D eigenvalue weighted by Crippen LogP contribution is 2.38. The lowest BCUT2D eigenvalue weighted by Crippen LogP contribution is -2.52. The lowest BCUT2D eigenvalue weighted by molar-refractivity contribution is -0.136. The Hall–Kier alpha value is -2.32. The zero-order valence-corrected chi connectivity index (χ0v) is 20.0. The number of ether oxygens (including phenoxy) is 1.